The molecule has 0 fully saturated rings. The summed E-state index contributed by atoms with van der Waals surface area (Å²) in [7, 11) is 3.16. The Hall–Kier alpha value is -9.76. The summed E-state index contributed by atoms with van der Waals surface area (Å²) in [6.45, 7) is -1.29. The largest absolute Gasteiger partial charge is 0.497 e. The molecule has 0 radical (unpaired) electrons. The first kappa shape index (κ1) is 59.5. The quantitative estimate of drug-likeness (QED) is 0.0391. The summed E-state index contributed by atoms with van der Waals surface area (Å²) in [4.78, 5) is 108. The predicted molar refractivity (Wildman–Crippen MR) is 302 cm³/mol. The van der Waals surface area contributed by atoms with Crippen molar-refractivity contribution in [1.82, 2.24) is 41.7 Å². The van der Waals surface area contributed by atoms with Crippen LogP contribution in [0.5, 0.6) is 11.5 Å². The zero-order chi connectivity index (χ0) is 56.9. The zero-order valence-electron chi connectivity index (χ0n) is 44.9. The maximum absolute atomic E-state index is 13.5. The molecule has 0 aromatic heterocycles. The molecule has 6 N–H and O–H groups in total. The molecule has 80 heavy (non-hydrogen) atoms. The van der Waals surface area contributed by atoms with Gasteiger partial charge >= 0.3 is 0 Å². The molecule has 6 aromatic rings. The molecule has 0 unspecified atom stereocenters. The van der Waals surface area contributed by atoms with Crippen LogP contribution in [0.2, 0.25) is 0 Å². The summed E-state index contributed by atoms with van der Waals surface area (Å²) < 4.78 is 10.4. The van der Waals surface area contributed by atoms with Crippen molar-refractivity contribution < 1.29 is 47.8 Å². The van der Waals surface area contributed by atoms with Crippen LogP contribution >= 0.6 is 0 Å². The highest BCUT2D eigenvalue weighted by Crippen LogP contribution is 2.13. The van der Waals surface area contributed by atoms with Crippen molar-refractivity contribution in [2.24, 2.45) is 0 Å². The average molecular weight is 1080 g/mol. The maximum atomic E-state index is 13.5. The van der Waals surface area contributed by atoms with Crippen molar-refractivity contribution in [2.45, 2.75) is 25.7 Å². The van der Waals surface area contributed by atoms with E-state index in [4.69, 9.17) is 9.47 Å². The van der Waals surface area contributed by atoms with Crippen molar-refractivity contribution in [1.29, 1.82) is 0 Å². The van der Waals surface area contributed by atoms with E-state index in [0.717, 1.165) is 32.1 Å². The van der Waals surface area contributed by atoms with Gasteiger partial charge < -0.3 is 51.2 Å². The van der Waals surface area contributed by atoms with Crippen LogP contribution in [0.4, 0.5) is 0 Å². The van der Waals surface area contributed by atoms with Crippen molar-refractivity contribution in [3.63, 3.8) is 0 Å². The van der Waals surface area contributed by atoms with Gasteiger partial charge in [0.2, 0.25) is 35.4 Å². The second-order valence-corrected chi connectivity index (χ2v) is 18.3. The number of ether oxygens (including phenoxy) is 2. The maximum Gasteiger partial charge on any atom is 0.251 e. The number of amides is 8. The molecule has 0 saturated heterocycles. The minimum atomic E-state index is -0.630. The minimum Gasteiger partial charge on any atom is -0.497 e. The van der Waals surface area contributed by atoms with Crippen molar-refractivity contribution in [2.75, 3.05) is 79.7 Å². The summed E-state index contributed by atoms with van der Waals surface area (Å²) in [5.74, 6) is 3.24. The van der Waals surface area contributed by atoms with Gasteiger partial charge in [0, 0.05) is 48.4 Å². The number of hydrogen-bond donors (Lipinski definition) is 6. The summed E-state index contributed by atoms with van der Waals surface area (Å²) in [5, 5.41) is 16.4. The molecule has 6 aromatic carbocycles. The molecule has 0 aliphatic rings. The van der Waals surface area contributed by atoms with E-state index >= 15 is 0 Å². The van der Waals surface area contributed by atoms with Crippen LogP contribution in [0.15, 0.2) is 158 Å². The summed E-state index contributed by atoms with van der Waals surface area (Å²) >= 11 is 0. The van der Waals surface area contributed by atoms with E-state index in [2.05, 4.69) is 43.7 Å². The zero-order valence-corrected chi connectivity index (χ0v) is 44.9. The molecular formula is C62H66N8O10. The third kappa shape index (κ3) is 21.0. The minimum absolute atomic E-state index is 0.243. The molecule has 0 aliphatic carbocycles. The van der Waals surface area contributed by atoms with E-state index < -0.39 is 86.5 Å². The number of carbonyl (C=O) groups excluding carboxylic acids is 8. The summed E-state index contributed by atoms with van der Waals surface area (Å²) in [6.07, 6.45) is 2.22. The van der Waals surface area contributed by atoms with E-state index in [1.807, 2.05) is 109 Å². The number of nitrogens with zero attached hydrogens (tertiary/aromatic N) is 2. The third-order valence-electron chi connectivity index (χ3n) is 12.4. The average Bonchev–Trinajstić information content (AvgIpc) is 3.48. The van der Waals surface area contributed by atoms with Gasteiger partial charge in [0.05, 0.1) is 27.3 Å². The fourth-order valence-corrected chi connectivity index (χ4v) is 7.93. The molecular weight excluding hydrogens is 1020 g/mol. The van der Waals surface area contributed by atoms with E-state index in [1.165, 1.54) is 0 Å². The van der Waals surface area contributed by atoms with Gasteiger partial charge in [0.1, 0.15) is 37.7 Å². The number of carbonyl (C=O) groups is 8. The molecule has 414 valence electrons. The van der Waals surface area contributed by atoms with Gasteiger partial charge in [-0.2, -0.15) is 0 Å². The van der Waals surface area contributed by atoms with Crippen molar-refractivity contribution in [3.05, 3.63) is 202 Å². The first-order valence-corrected chi connectivity index (χ1v) is 26.1. The predicted octanol–water partition coefficient (Wildman–Crippen LogP) is 3.66. The monoisotopic (exact) mass is 1080 g/mol. The first-order valence-electron chi connectivity index (χ1n) is 26.1. The highest BCUT2D eigenvalue weighted by molar-refractivity contribution is 5.98. The summed E-state index contributed by atoms with van der Waals surface area (Å²) in [5.41, 5.74) is 5.63. The number of methoxy groups -OCH3 is 2. The summed E-state index contributed by atoms with van der Waals surface area (Å²) in [6, 6.07) is 46.8. The van der Waals surface area contributed by atoms with Crippen LogP contribution < -0.4 is 41.4 Å². The van der Waals surface area contributed by atoms with Gasteiger partial charge in [-0.25, -0.2) is 0 Å². The standard InChI is InChI=1S/C62H66N8O10/c1-79-53-27-19-49(20-28-53)33-37-65-57(73)43-69(41-55(71)63-35-31-45-9-5-3-6-10-45)59(75)39-67-61(77)51-23-15-47(16-24-51)13-14-48-17-25-52(26-18-48)62(78)68-40-60(76)70(42-56(72)64-36-32-46-11-7-4-8-12-46)44-58(74)66-38-34-50-21-29-54(80-2)30-22-50/h3-12,15-30H,31-44H2,1-2H3,(H,63,71)(H,64,72)(H,65,73)(H,66,74)(H,67,77)(H,68,78). The van der Waals surface area contributed by atoms with Crippen molar-refractivity contribution in [3.8, 4) is 23.3 Å². The molecule has 0 aliphatic heterocycles. The Morgan fingerprint density at radius 2 is 0.650 bits per heavy atom. The molecule has 18 heteroatoms. The lowest BCUT2D eigenvalue weighted by atomic mass is 10.1. The Bertz CT molecular complexity index is 2870. The SMILES string of the molecule is COc1ccc(CCNC(=O)CN(CC(=O)NCCc2ccccc2)C(=O)CNC(=O)c2ccc(C#Cc3ccc(C(=O)NCC(=O)N(CC(=O)NCCc4ccccc4)CC(=O)NCCc4ccc(OC)cc4)cc3)cc2)cc1. The van der Waals surface area contributed by atoms with Gasteiger partial charge in [0.25, 0.3) is 11.8 Å². The van der Waals surface area contributed by atoms with Gasteiger partial charge in [0.15, 0.2) is 0 Å². The Balaban J connectivity index is 0.973. The molecule has 6 rings (SSSR count). The third-order valence-corrected chi connectivity index (χ3v) is 12.4. The van der Waals surface area contributed by atoms with Gasteiger partial charge in [-0.3, -0.25) is 38.4 Å². The molecule has 18 nitrogen and oxygen atoms in total. The fourth-order valence-electron chi connectivity index (χ4n) is 7.93. The molecule has 0 saturated carbocycles. The normalized spacial score (nSPS) is 10.4. The molecule has 0 bridgehead atoms. The van der Waals surface area contributed by atoms with Crippen LogP contribution in [-0.2, 0) is 54.5 Å². The Labute approximate surface area is 466 Å². The topological polar surface area (TPSA) is 234 Å². The second kappa shape index (κ2) is 32.1. The van der Waals surface area contributed by atoms with Crippen LogP contribution in [0.1, 0.15) is 54.1 Å². The van der Waals surface area contributed by atoms with Crippen LogP contribution in [0.3, 0.4) is 0 Å². The van der Waals surface area contributed by atoms with E-state index in [1.54, 1.807) is 62.8 Å². The van der Waals surface area contributed by atoms with E-state index in [0.29, 0.717) is 74.5 Å². The Morgan fingerprint density at radius 3 is 0.938 bits per heavy atom. The van der Waals surface area contributed by atoms with E-state index in [9.17, 15) is 38.4 Å². The second-order valence-electron chi connectivity index (χ2n) is 18.3. The molecule has 0 heterocycles. The lowest BCUT2D eigenvalue weighted by Gasteiger charge is -2.22. The van der Waals surface area contributed by atoms with Crippen LogP contribution in [0, 0.1) is 11.8 Å². The first-order chi connectivity index (χ1) is 38.8. The number of benzene rings is 6. The van der Waals surface area contributed by atoms with Crippen molar-refractivity contribution >= 4 is 47.3 Å². The van der Waals surface area contributed by atoms with Gasteiger partial charge in [-0.15, -0.1) is 0 Å². The highest BCUT2D eigenvalue weighted by Gasteiger charge is 2.23. The molecule has 0 atom stereocenters. The lowest BCUT2D eigenvalue weighted by Crippen LogP contribution is -2.49. The van der Waals surface area contributed by atoms with Crippen LogP contribution in [0.25, 0.3) is 0 Å². The lowest BCUT2D eigenvalue weighted by molar-refractivity contribution is -0.138. The smallest absolute Gasteiger partial charge is 0.251 e. The Morgan fingerprint density at radius 1 is 0.362 bits per heavy atom. The number of hydrogen-bond acceptors (Lipinski definition) is 10. The number of nitrogens with one attached hydrogen (secondary N) is 6. The highest BCUT2D eigenvalue weighted by atomic mass is 16.5. The number of rotatable bonds is 28. The Kier molecular flexibility index (Phi) is 23.9. The van der Waals surface area contributed by atoms with Crippen LogP contribution in [-0.4, -0.2) is 137 Å². The molecule has 0 spiro atoms. The van der Waals surface area contributed by atoms with Gasteiger partial charge in [-0.1, -0.05) is 96.8 Å². The van der Waals surface area contributed by atoms with Gasteiger partial charge in [-0.05, 0) is 121 Å². The van der Waals surface area contributed by atoms with E-state index in [-0.39, 0.29) is 11.1 Å². The fraction of sp³-hybridized carbons (Fsp3) is 0.258. The molecule has 8 amide bonds.